The van der Waals surface area contributed by atoms with E-state index in [9.17, 15) is 14.5 Å². The summed E-state index contributed by atoms with van der Waals surface area (Å²) in [5.41, 5.74) is 2.54. The van der Waals surface area contributed by atoms with Gasteiger partial charge in [0, 0.05) is 50.6 Å². The van der Waals surface area contributed by atoms with E-state index in [1.165, 1.54) is 19.4 Å². The number of nitrogens with one attached hydrogen (secondary N) is 1. The first-order chi connectivity index (χ1) is 17.8. The van der Waals surface area contributed by atoms with Crippen LogP contribution in [0.5, 0.6) is 5.75 Å². The van der Waals surface area contributed by atoms with Crippen molar-refractivity contribution in [2.75, 3.05) is 57.7 Å². The van der Waals surface area contributed by atoms with Gasteiger partial charge in [-0.3, -0.25) is 10.1 Å². The molecule has 1 N–H and O–H groups in total. The number of likely N-dealkylation sites (N-methyl/N-ethyl adjacent to an activating group) is 2. The first kappa shape index (κ1) is 26.0. The van der Waals surface area contributed by atoms with Crippen molar-refractivity contribution in [3.63, 3.8) is 0 Å². The number of anilines is 3. The monoisotopic (exact) mass is 528 g/mol. The van der Waals surface area contributed by atoms with Crippen LogP contribution in [0.3, 0.4) is 0 Å². The van der Waals surface area contributed by atoms with E-state index in [4.69, 9.17) is 16.3 Å². The lowest BCUT2D eigenvalue weighted by Crippen LogP contribution is -2.32. The number of aromatic nitrogens is 4. The second-order valence-corrected chi connectivity index (χ2v) is 8.72. The number of halogens is 2. The molecule has 0 aliphatic rings. The lowest BCUT2D eigenvalue weighted by atomic mass is 10.2. The van der Waals surface area contributed by atoms with Crippen molar-refractivity contribution < 1.29 is 14.1 Å². The van der Waals surface area contributed by atoms with E-state index in [1.807, 2.05) is 29.3 Å². The Balaban J connectivity index is 1.66. The number of alkyl halides is 1. The van der Waals surface area contributed by atoms with Gasteiger partial charge in [-0.15, -0.1) is 0 Å². The molecule has 3 heterocycles. The van der Waals surface area contributed by atoms with Gasteiger partial charge in [-0.25, -0.2) is 18.9 Å². The molecule has 4 aromatic rings. The molecule has 37 heavy (non-hydrogen) atoms. The molecule has 0 saturated heterocycles. The second-order valence-electron chi connectivity index (χ2n) is 8.32. The maximum Gasteiger partial charge on any atom is 0.294 e. The van der Waals surface area contributed by atoms with Crippen molar-refractivity contribution in [3.8, 4) is 17.0 Å². The van der Waals surface area contributed by atoms with Crippen LogP contribution < -0.4 is 15.0 Å². The summed E-state index contributed by atoms with van der Waals surface area (Å²) < 4.78 is 19.8. The number of benzene rings is 1. The van der Waals surface area contributed by atoms with Crippen LogP contribution in [0.4, 0.5) is 27.4 Å². The van der Waals surface area contributed by atoms with Gasteiger partial charge in [0.2, 0.25) is 5.95 Å². The molecule has 0 bridgehead atoms. The Morgan fingerprint density at radius 3 is 2.76 bits per heavy atom. The third kappa shape index (κ3) is 5.70. The first-order valence-electron chi connectivity index (χ1n) is 11.4. The molecule has 1 aromatic carbocycles. The number of nitrogens with zero attached hydrogens (tertiary/aromatic N) is 7. The Hall–Kier alpha value is -4.03. The van der Waals surface area contributed by atoms with Crippen LogP contribution in [0.1, 0.15) is 0 Å². The SMILES string of the molecule is COc1cc(N(C)CCN(C)CCF)c([N+](=O)[O-])cc1Nc1ncc(Cl)c(-c2cnn3ccccc23)n1. The van der Waals surface area contributed by atoms with Crippen LogP contribution in [0.25, 0.3) is 16.8 Å². The van der Waals surface area contributed by atoms with Crippen molar-refractivity contribution >= 4 is 40.1 Å². The fourth-order valence-corrected chi connectivity index (χ4v) is 4.02. The number of hydrogen-bond donors (Lipinski definition) is 1. The van der Waals surface area contributed by atoms with Gasteiger partial charge in [-0.05, 0) is 19.2 Å². The van der Waals surface area contributed by atoms with Crippen LogP contribution in [0.15, 0.2) is 48.9 Å². The zero-order chi connectivity index (χ0) is 26.5. The maximum absolute atomic E-state index is 12.6. The number of ether oxygens (including phenoxy) is 1. The smallest absolute Gasteiger partial charge is 0.294 e. The summed E-state index contributed by atoms with van der Waals surface area (Å²) in [6.07, 6.45) is 4.93. The Morgan fingerprint density at radius 2 is 2.03 bits per heavy atom. The molecule has 0 aliphatic carbocycles. The minimum absolute atomic E-state index is 0.129. The molecule has 194 valence electrons. The summed E-state index contributed by atoms with van der Waals surface area (Å²) in [6.45, 7) is 0.822. The normalized spacial score (nSPS) is 11.2. The quantitative estimate of drug-likeness (QED) is 0.223. The molecule has 13 heteroatoms. The van der Waals surface area contributed by atoms with E-state index >= 15 is 0 Å². The van der Waals surface area contributed by atoms with Gasteiger partial charge in [0.15, 0.2) is 0 Å². The highest BCUT2D eigenvalue weighted by Crippen LogP contribution is 2.39. The van der Waals surface area contributed by atoms with Crippen molar-refractivity contribution in [1.82, 2.24) is 24.5 Å². The van der Waals surface area contributed by atoms with Crippen molar-refractivity contribution in [1.29, 1.82) is 0 Å². The number of hydrogen-bond acceptors (Lipinski definition) is 9. The van der Waals surface area contributed by atoms with E-state index in [1.54, 1.807) is 35.8 Å². The summed E-state index contributed by atoms with van der Waals surface area (Å²) in [7, 11) is 5.00. The highest BCUT2D eigenvalue weighted by molar-refractivity contribution is 6.33. The van der Waals surface area contributed by atoms with Gasteiger partial charge in [0.25, 0.3) is 5.69 Å². The summed E-state index contributed by atoms with van der Waals surface area (Å²) in [5.74, 6) is 0.539. The summed E-state index contributed by atoms with van der Waals surface area (Å²) in [4.78, 5) is 23.8. The zero-order valence-corrected chi connectivity index (χ0v) is 21.3. The van der Waals surface area contributed by atoms with Gasteiger partial charge in [-0.2, -0.15) is 5.10 Å². The highest BCUT2D eigenvalue weighted by atomic mass is 35.5. The third-order valence-corrected chi connectivity index (χ3v) is 6.14. The van der Waals surface area contributed by atoms with Crippen LogP contribution >= 0.6 is 11.6 Å². The van der Waals surface area contributed by atoms with Crippen molar-refractivity contribution in [2.45, 2.75) is 0 Å². The summed E-state index contributed by atoms with van der Waals surface area (Å²) in [6, 6.07) is 8.60. The molecule has 0 atom stereocenters. The predicted octanol–water partition coefficient (Wildman–Crippen LogP) is 4.44. The fraction of sp³-hybridized carbons (Fsp3) is 0.292. The van der Waals surface area contributed by atoms with E-state index < -0.39 is 11.6 Å². The lowest BCUT2D eigenvalue weighted by Gasteiger charge is -2.24. The maximum atomic E-state index is 12.6. The number of pyridine rings is 1. The van der Waals surface area contributed by atoms with E-state index in [0.717, 1.165) is 5.52 Å². The fourth-order valence-electron chi connectivity index (χ4n) is 3.83. The van der Waals surface area contributed by atoms with Crippen molar-refractivity contribution in [2.24, 2.45) is 0 Å². The number of nitro groups is 1. The Labute approximate surface area is 217 Å². The van der Waals surface area contributed by atoms with Gasteiger partial charge >= 0.3 is 0 Å². The summed E-state index contributed by atoms with van der Waals surface area (Å²) in [5, 5.41) is 19.6. The second kappa shape index (κ2) is 11.4. The largest absolute Gasteiger partial charge is 0.494 e. The number of fused-ring (bicyclic) bond motifs is 1. The van der Waals surface area contributed by atoms with Gasteiger partial charge in [-0.1, -0.05) is 17.7 Å². The minimum Gasteiger partial charge on any atom is -0.494 e. The Bertz CT molecular complexity index is 1420. The van der Waals surface area contributed by atoms with Gasteiger partial charge in [0.1, 0.15) is 18.1 Å². The minimum atomic E-state index is -0.463. The van der Waals surface area contributed by atoms with Crippen LogP contribution in [-0.2, 0) is 0 Å². The van der Waals surface area contributed by atoms with E-state index in [-0.39, 0.29) is 11.6 Å². The molecule has 0 spiro atoms. The molecular formula is C24H26ClFN8O3. The lowest BCUT2D eigenvalue weighted by molar-refractivity contribution is -0.384. The molecule has 0 aliphatic heterocycles. The predicted molar refractivity (Wildman–Crippen MR) is 141 cm³/mol. The van der Waals surface area contributed by atoms with Crippen molar-refractivity contribution in [3.05, 3.63) is 64.1 Å². The summed E-state index contributed by atoms with van der Waals surface area (Å²) >= 11 is 6.41. The molecule has 3 aromatic heterocycles. The molecule has 0 saturated carbocycles. The Kier molecular flexibility index (Phi) is 7.99. The first-order valence-corrected chi connectivity index (χ1v) is 11.7. The van der Waals surface area contributed by atoms with Gasteiger partial charge in [0.05, 0.1) is 46.3 Å². The topological polar surface area (TPSA) is 114 Å². The molecule has 0 amide bonds. The molecule has 0 fully saturated rings. The molecule has 11 nitrogen and oxygen atoms in total. The highest BCUT2D eigenvalue weighted by Gasteiger charge is 2.23. The standard InChI is InChI=1S/C24H26ClFN8O3/c1-31(9-7-26)10-11-32(2)20-13-22(37-3)18(12-21(20)34(35)36)29-24-27-15-17(25)23(30-24)16-14-28-33-8-5-4-6-19(16)33/h4-6,8,12-15H,7,9-11H2,1-3H3,(H,27,29,30). The third-order valence-electron chi connectivity index (χ3n) is 5.86. The average Bonchev–Trinajstić information content (AvgIpc) is 3.32. The molecule has 4 rings (SSSR count). The number of rotatable bonds is 11. The van der Waals surface area contributed by atoms with Crippen LogP contribution in [0.2, 0.25) is 5.02 Å². The Morgan fingerprint density at radius 1 is 1.22 bits per heavy atom. The molecular weight excluding hydrogens is 503 g/mol. The van der Waals surface area contributed by atoms with E-state index in [2.05, 4.69) is 20.4 Å². The van der Waals surface area contributed by atoms with Crippen LogP contribution in [0, 0.1) is 10.1 Å². The molecule has 0 radical (unpaired) electrons. The number of nitro benzene ring substituents is 1. The zero-order valence-electron chi connectivity index (χ0n) is 20.6. The molecule has 0 unspecified atom stereocenters. The number of methoxy groups -OCH3 is 1. The van der Waals surface area contributed by atoms with E-state index in [0.29, 0.717) is 53.0 Å². The van der Waals surface area contributed by atoms with Crippen LogP contribution in [-0.4, -0.2) is 76.9 Å². The van der Waals surface area contributed by atoms with Gasteiger partial charge < -0.3 is 19.9 Å². The average molecular weight is 529 g/mol.